The van der Waals surface area contributed by atoms with E-state index in [-0.39, 0.29) is 23.0 Å². The Morgan fingerprint density at radius 3 is 2.41 bits per heavy atom. The van der Waals surface area contributed by atoms with E-state index in [0.717, 1.165) is 0 Å². The van der Waals surface area contributed by atoms with Crippen LogP contribution in [-0.4, -0.2) is 40.7 Å². The molecule has 2 aromatic rings. The number of hydrogen-bond donors (Lipinski definition) is 3. The SMILES string of the molecule is Cc1cc(NC(=O)c2c(C)c(C(=O)C(=O)NC3C(=O)NCC3(C)C)n(C)c2C)ccc1F. The fourth-order valence-corrected chi connectivity index (χ4v) is 3.99. The second kappa shape index (κ2) is 8.22. The zero-order chi connectivity index (χ0) is 24.0. The van der Waals surface area contributed by atoms with E-state index in [1.54, 1.807) is 27.8 Å². The van der Waals surface area contributed by atoms with Gasteiger partial charge < -0.3 is 20.5 Å². The molecule has 3 N–H and O–H groups in total. The molecule has 0 saturated carbocycles. The van der Waals surface area contributed by atoms with E-state index in [9.17, 15) is 23.6 Å². The molecule has 3 rings (SSSR count). The normalized spacial score (nSPS) is 17.1. The third kappa shape index (κ3) is 4.02. The molecular formula is C23H27FN4O4. The molecule has 0 radical (unpaired) electrons. The second-order valence-electron chi connectivity index (χ2n) is 8.85. The van der Waals surface area contributed by atoms with Crippen LogP contribution in [0.2, 0.25) is 0 Å². The van der Waals surface area contributed by atoms with E-state index in [1.165, 1.54) is 22.8 Å². The van der Waals surface area contributed by atoms with Gasteiger partial charge in [0.25, 0.3) is 17.6 Å². The molecule has 0 spiro atoms. The summed E-state index contributed by atoms with van der Waals surface area (Å²) in [5.41, 5.74) is 1.42. The van der Waals surface area contributed by atoms with Gasteiger partial charge in [-0.3, -0.25) is 19.2 Å². The number of nitrogens with zero attached hydrogens (tertiary/aromatic N) is 1. The quantitative estimate of drug-likeness (QED) is 0.487. The first-order chi connectivity index (χ1) is 14.8. The maximum Gasteiger partial charge on any atom is 0.294 e. The van der Waals surface area contributed by atoms with E-state index in [4.69, 9.17) is 0 Å². The summed E-state index contributed by atoms with van der Waals surface area (Å²) in [6.07, 6.45) is 0. The van der Waals surface area contributed by atoms with Gasteiger partial charge in [0.05, 0.1) is 11.3 Å². The summed E-state index contributed by atoms with van der Waals surface area (Å²) in [6, 6.07) is 3.39. The van der Waals surface area contributed by atoms with E-state index in [1.807, 2.05) is 13.8 Å². The molecule has 32 heavy (non-hydrogen) atoms. The number of aromatic nitrogens is 1. The van der Waals surface area contributed by atoms with Gasteiger partial charge in [0, 0.05) is 30.4 Å². The van der Waals surface area contributed by atoms with Crippen LogP contribution in [0.15, 0.2) is 18.2 Å². The number of rotatable bonds is 5. The molecule has 0 bridgehead atoms. The summed E-state index contributed by atoms with van der Waals surface area (Å²) in [7, 11) is 1.59. The van der Waals surface area contributed by atoms with Gasteiger partial charge in [-0.05, 0) is 50.1 Å². The van der Waals surface area contributed by atoms with Crippen molar-refractivity contribution in [2.24, 2.45) is 12.5 Å². The van der Waals surface area contributed by atoms with Crippen LogP contribution in [0.1, 0.15) is 51.5 Å². The van der Waals surface area contributed by atoms with Crippen molar-refractivity contribution in [2.75, 3.05) is 11.9 Å². The van der Waals surface area contributed by atoms with Crippen LogP contribution >= 0.6 is 0 Å². The highest BCUT2D eigenvalue weighted by molar-refractivity contribution is 6.43. The molecule has 170 valence electrons. The Kier molecular flexibility index (Phi) is 5.95. The van der Waals surface area contributed by atoms with Gasteiger partial charge in [0.1, 0.15) is 11.9 Å². The predicted octanol–water partition coefficient (Wildman–Crippen LogP) is 2.17. The van der Waals surface area contributed by atoms with Crippen molar-refractivity contribution in [3.8, 4) is 0 Å². The zero-order valence-electron chi connectivity index (χ0n) is 19.0. The number of ketones is 1. The minimum absolute atomic E-state index is 0.0663. The Balaban J connectivity index is 1.87. The summed E-state index contributed by atoms with van der Waals surface area (Å²) < 4.78 is 15.0. The number of nitrogens with one attached hydrogen (secondary N) is 3. The number of carbonyl (C=O) groups is 4. The van der Waals surface area contributed by atoms with Crippen LogP contribution in [0, 0.1) is 32.0 Å². The zero-order valence-corrected chi connectivity index (χ0v) is 19.0. The third-order valence-corrected chi connectivity index (χ3v) is 6.03. The van der Waals surface area contributed by atoms with Crippen molar-refractivity contribution >= 4 is 29.2 Å². The van der Waals surface area contributed by atoms with Crippen molar-refractivity contribution < 1.29 is 23.6 Å². The summed E-state index contributed by atoms with van der Waals surface area (Å²) >= 11 is 0. The molecule has 8 nitrogen and oxygen atoms in total. The lowest BCUT2D eigenvalue weighted by Gasteiger charge is -2.24. The summed E-state index contributed by atoms with van der Waals surface area (Å²) in [5, 5.41) is 7.92. The Morgan fingerprint density at radius 2 is 1.84 bits per heavy atom. The van der Waals surface area contributed by atoms with Crippen LogP contribution in [-0.2, 0) is 16.6 Å². The molecule has 9 heteroatoms. The van der Waals surface area contributed by atoms with E-state index >= 15 is 0 Å². The minimum atomic E-state index is -0.912. The Labute approximate surface area is 185 Å². The van der Waals surface area contributed by atoms with Crippen molar-refractivity contribution in [3.63, 3.8) is 0 Å². The first-order valence-electron chi connectivity index (χ1n) is 10.2. The highest BCUT2D eigenvalue weighted by Crippen LogP contribution is 2.26. The topological polar surface area (TPSA) is 109 Å². The Bertz CT molecular complexity index is 1150. The fourth-order valence-electron chi connectivity index (χ4n) is 3.99. The number of Topliss-reactive ketones (excluding diaryl/α,β-unsaturated/α-hetero) is 1. The molecule has 0 aliphatic carbocycles. The van der Waals surface area contributed by atoms with Crippen molar-refractivity contribution in [3.05, 3.63) is 52.1 Å². The second-order valence-corrected chi connectivity index (χ2v) is 8.85. The Hall–Kier alpha value is -3.49. The summed E-state index contributed by atoms with van der Waals surface area (Å²) in [4.78, 5) is 50.7. The largest absolute Gasteiger partial charge is 0.354 e. The van der Waals surface area contributed by atoms with Crippen molar-refractivity contribution in [2.45, 2.75) is 40.7 Å². The van der Waals surface area contributed by atoms with Gasteiger partial charge >= 0.3 is 0 Å². The lowest BCUT2D eigenvalue weighted by Crippen LogP contribution is -2.49. The van der Waals surface area contributed by atoms with Crippen LogP contribution in [0.5, 0.6) is 0 Å². The molecular weight excluding hydrogens is 415 g/mol. The van der Waals surface area contributed by atoms with E-state index in [0.29, 0.717) is 29.1 Å². The smallest absolute Gasteiger partial charge is 0.294 e. The van der Waals surface area contributed by atoms with Crippen LogP contribution in [0.3, 0.4) is 0 Å². The molecule has 1 unspecified atom stereocenters. The predicted molar refractivity (Wildman–Crippen MR) is 117 cm³/mol. The molecule has 1 aliphatic heterocycles. The summed E-state index contributed by atoms with van der Waals surface area (Å²) in [6.45, 7) is 8.87. The van der Waals surface area contributed by atoms with Gasteiger partial charge in [-0.1, -0.05) is 13.8 Å². The molecule has 3 amide bonds. The Morgan fingerprint density at radius 1 is 1.19 bits per heavy atom. The highest BCUT2D eigenvalue weighted by Gasteiger charge is 2.43. The molecule has 2 heterocycles. The van der Waals surface area contributed by atoms with Crippen molar-refractivity contribution in [1.82, 2.24) is 15.2 Å². The number of halogens is 1. The number of hydrogen-bond acceptors (Lipinski definition) is 4. The highest BCUT2D eigenvalue weighted by atomic mass is 19.1. The van der Waals surface area contributed by atoms with E-state index < -0.39 is 29.1 Å². The van der Waals surface area contributed by atoms with Gasteiger partial charge in [-0.15, -0.1) is 0 Å². The number of benzene rings is 1. The van der Waals surface area contributed by atoms with Crippen LogP contribution < -0.4 is 16.0 Å². The fraction of sp³-hybridized carbons (Fsp3) is 0.391. The third-order valence-electron chi connectivity index (χ3n) is 6.03. The number of aryl methyl sites for hydroxylation is 1. The van der Waals surface area contributed by atoms with Crippen molar-refractivity contribution in [1.29, 1.82) is 0 Å². The molecule has 1 aliphatic rings. The first-order valence-corrected chi connectivity index (χ1v) is 10.2. The van der Waals surface area contributed by atoms with E-state index in [2.05, 4.69) is 16.0 Å². The summed E-state index contributed by atoms with van der Waals surface area (Å²) in [5.74, 6) is -2.94. The monoisotopic (exact) mass is 442 g/mol. The lowest BCUT2D eigenvalue weighted by molar-refractivity contribution is -0.126. The minimum Gasteiger partial charge on any atom is -0.354 e. The molecule has 1 saturated heterocycles. The van der Waals surface area contributed by atoms with Gasteiger partial charge in [0.2, 0.25) is 5.91 Å². The maximum absolute atomic E-state index is 13.5. The molecule has 1 aromatic carbocycles. The van der Waals surface area contributed by atoms with Crippen LogP contribution in [0.4, 0.5) is 10.1 Å². The first kappa shape index (κ1) is 23.2. The average molecular weight is 442 g/mol. The van der Waals surface area contributed by atoms with Gasteiger partial charge in [-0.25, -0.2) is 4.39 Å². The number of carbonyl (C=O) groups excluding carboxylic acids is 4. The number of amides is 3. The standard InChI is InChI=1S/C23H27FN4O4/c1-11-9-14(7-8-15(11)24)26-20(30)16-12(2)17(28(6)13(16)3)18(29)21(31)27-19-22(32)25-10-23(19,4)5/h7-9,19H,10H2,1-6H3,(H,25,32)(H,26,30)(H,27,31). The maximum atomic E-state index is 13.5. The van der Waals surface area contributed by atoms with Gasteiger partial charge in [-0.2, -0.15) is 0 Å². The lowest BCUT2D eigenvalue weighted by atomic mass is 9.87. The molecule has 1 aromatic heterocycles. The number of anilines is 1. The van der Waals surface area contributed by atoms with Crippen LogP contribution in [0.25, 0.3) is 0 Å². The van der Waals surface area contributed by atoms with Gasteiger partial charge in [0.15, 0.2) is 0 Å². The molecule has 1 atom stereocenters. The molecule has 1 fully saturated rings. The average Bonchev–Trinajstić information content (AvgIpc) is 3.10.